The maximum absolute atomic E-state index is 12.8. The molecule has 1 aliphatic carbocycles. The monoisotopic (exact) mass is 478 g/mol. The Labute approximate surface area is 206 Å². The van der Waals surface area contributed by atoms with E-state index in [2.05, 4.69) is 29.6 Å². The van der Waals surface area contributed by atoms with Gasteiger partial charge in [0.2, 0.25) is 5.91 Å². The van der Waals surface area contributed by atoms with Crippen LogP contribution in [0.5, 0.6) is 0 Å². The molecule has 2 aromatic carbocycles. The van der Waals surface area contributed by atoms with E-state index in [1.165, 1.54) is 22.3 Å². The van der Waals surface area contributed by atoms with Crippen molar-refractivity contribution in [1.29, 1.82) is 0 Å². The fourth-order valence-electron chi connectivity index (χ4n) is 5.18. The number of hydrogen-bond donors (Lipinski definition) is 2. The summed E-state index contributed by atoms with van der Waals surface area (Å²) in [6, 6.07) is 16.4. The van der Waals surface area contributed by atoms with Crippen molar-refractivity contribution in [1.82, 2.24) is 10.2 Å². The summed E-state index contributed by atoms with van der Waals surface area (Å²) in [5, 5.41) is 11.8. The van der Waals surface area contributed by atoms with E-state index < -0.39 is 17.5 Å². The highest BCUT2D eigenvalue weighted by Gasteiger charge is 2.31. The zero-order valence-electron chi connectivity index (χ0n) is 20.5. The molecule has 0 radical (unpaired) electrons. The Morgan fingerprint density at radius 3 is 2.14 bits per heavy atom. The Bertz CT molecular complexity index is 1040. The molecule has 4 rings (SSSR count). The van der Waals surface area contributed by atoms with Crippen molar-refractivity contribution in [2.24, 2.45) is 11.3 Å². The van der Waals surface area contributed by atoms with Crippen molar-refractivity contribution < 1.29 is 24.2 Å². The Hall–Kier alpha value is -3.35. The second kappa shape index (κ2) is 10.5. The first-order valence-corrected chi connectivity index (χ1v) is 12.3. The molecule has 2 amide bonds. The van der Waals surface area contributed by atoms with Crippen LogP contribution in [0, 0.1) is 11.3 Å². The van der Waals surface area contributed by atoms with Gasteiger partial charge in [-0.2, -0.15) is 0 Å². The number of ether oxygens (including phenoxy) is 1. The van der Waals surface area contributed by atoms with Gasteiger partial charge >= 0.3 is 12.1 Å². The van der Waals surface area contributed by atoms with E-state index >= 15 is 0 Å². The van der Waals surface area contributed by atoms with E-state index in [4.69, 9.17) is 9.84 Å². The van der Waals surface area contributed by atoms with Gasteiger partial charge in [-0.3, -0.25) is 9.59 Å². The number of benzene rings is 2. The lowest BCUT2D eigenvalue weighted by molar-refractivity contribution is -0.139. The average molecular weight is 479 g/mol. The topological polar surface area (TPSA) is 95.9 Å². The van der Waals surface area contributed by atoms with E-state index in [1.54, 1.807) is 0 Å². The lowest BCUT2D eigenvalue weighted by Crippen LogP contribution is -2.43. The smallest absolute Gasteiger partial charge is 0.407 e. The molecule has 1 aliphatic heterocycles. The van der Waals surface area contributed by atoms with Gasteiger partial charge in [-0.1, -0.05) is 62.4 Å². The van der Waals surface area contributed by atoms with E-state index in [0.29, 0.717) is 26.1 Å². The Morgan fingerprint density at radius 1 is 1.00 bits per heavy atom. The molecule has 186 valence electrons. The van der Waals surface area contributed by atoms with Gasteiger partial charge in [0.15, 0.2) is 0 Å². The number of amides is 2. The maximum Gasteiger partial charge on any atom is 0.407 e. The first kappa shape index (κ1) is 24.8. The minimum atomic E-state index is -0.782. The minimum absolute atomic E-state index is 0.00629. The largest absolute Gasteiger partial charge is 0.481 e. The summed E-state index contributed by atoms with van der Waals surface area (Å²) in [5.41, 5.74) is 4.27. The molecule has 0 unspecified atom stereocenters. The second-order valence-corrected chi connectivity index (χ2v) is 10.4. The van der Waals surface area contributed by atoms with E-state index in [0.717, 1.165) is 12.8 Å². The normalized spacial score (nSPS) is 15.9. The summed E-state index contributed by atoms with van der Waals surface area (Å²) in [4.78, 5) is 38.0. The summed E-state index contributed by atoms with van der Waals surface area (Å²) in [7, 11) is 0. The van der Waals surface area contributed by atoms with Gasteiger partial charge in [-0.25, -0.2) is 4.79 Å². The number of hydrogen-bond acceptors (Lipinski definition) is 4. The predicted octanol–water partition coefficient (Wildman–Crippen LogP) is 4.65. The Morgan fingerprint density at radius 2 is 1.57 bits per heavy atom. The average Bonchev–Trinajstić information content (AvgIpc) is 3.15. The number of rotatable bonds is 8. The van der Waals surface area contributed by atoms with Crippen LogP contribution in [0.1, 0.15) is 56.6 Å². The van der Waals surface area contributed by atoms with Crippen LogP contribution >= 0.6 is 0 Å². The summed E-state index contributed by atoms with van der Waals surface area (Å²) in [6.45, 7) is 5.66. The number of carbonyl (C=O) groups is 3. The molecule has 2 aromatic rings. The molecule has 7 heteroatoms. The highest BCUT2D eigenvalue weighted by Crippen LogP contribution is 2.44. The molecule has 1 fully saturated rings. The number of carbonyl (C=O) groups excluding carboxylic acids is 2. The fraction of sp³-hybridized carbons (Fsp3) is 0.464. The number of carboxylic acid groups (broad SMARTS) is 1. The van der Waals surface area contributed by atoms with Crippen LogP contribution in [0.2, 0.25) is 0 Å². The number of aliphatic carboxylic acids is 1. The molecule has 7 nitrogen and oxygen atoms in total. The number of fused-ring (bicyclic) bond motifs is 3. The molecular weight excluding hydrogens is 444 g/mol. The third-order valence-electron chi connectivity index (χ3n) is 7.12. The fourth-order valence-corrected chi connectivity index (χ4v) is 5.18. The van der Waals surface area contributed by atoms with Gasteiger partial charge in [0.05, 0.1) is 0 Å². The van der Waals surface area contributed by atoms with Crippen LogP contribution < -0.4 is 5.32 Å². The molecule has 0 spiro atoms. The SMILES string of the molecule is CC(C)(CNC(=O)OCC1c2ccccc2-c2ccccc21)CC(=O)N1CCC(CC(=O)O)CC1. The van der Waals surface area contributed by atoms with Gasteiger partial charge in [-0.05, 0) is 46.4 Å². The van der Waals surface area contributed by atoms with Crippen molar-refractivity contribution in [3.05, 3.63) is 59.7 Å². The van der Waals surface area contributed by atoms with E-state index in [-0.39, 0.29) is 30.8 Å². The number of nitrogens with one attached hydrogen (secondary N) is 1. The Balaban J connectivity index is 1.24. The molecule has 1 saturated heterocycles. The van der Waals surface area contributed by atoms with Crippen LogP contribution in [0.15, 0.2) is 48.5 Å². The van der Waals surface area contributed by atoms with Crippen LogP contribution in [-0.4, -0.2) is 54.2 Å². The lowest BCUT2D eigenvalue weighted by Gasteiger charge is -2.34. The van der Waals surface area contributed by atoms with E-state index in [1.807, 2.05) is 43.0 Å². The van der Waals surface area contributed by atoms with Crippen LogP contribution in [-0.2, 0) is 14.3 Å². The molecule has 35 heavy (non-hydrogen) atoms. The third kappa shape index (κ3) is 6.02. The second-order valence-electron chi connectivity index (χ2n) is 10.4. The zero-order chi connectivity index (χ0) is 25.0. The van der Waals surface area contributed by atoms with Crippen LogP contribution in [0.3, 0.4) is 0 Å². The zero-order valence-corrected chi connectivity index (χ0v) is 20.5. The number of nitrogens with zero attached hydrogens (tertiary/aromatic N) is 1. The summed E-state index contributed by atoms with van der Waals surface area (Å²) >= 11 is 0. The first-order valence-electron chi connectivity index (χ1n) is 12.3. The highest BCUT2D eigenvalue weighted by molar-refractivity contribution is 5.79. The lowest BCUT2D eigenvalue weighted by atomic mass is 9.87. The first-order chi connectivity index (χ1) is 16.7. The van der Waals surface area contributed by atoms with Crippen LogP contribution in [0.4, 0.5) is 4.79 Å². The van der Waals surface area contributed by atoms with Gasteiger partial charge in [0.1, 0.15) is 6.61 Å². The number of likely N-dealkylation sites (tertiary alicyclic amines) is 1. The maximum atomic E-state index is 12.8. The number of alkyl carbamates (subject to hydrolysis) is 1. The molecule has 0 atom stereocenters. The summed E-state index contributed by atoms with van der Waals surface area (Å²) in [5.74, 6) is -0.597. The van der Waals surface area contributed by atoms with E-state index in [9.17, 15) is 14.4 Å². The van der Waals surface area contributed by atoms with Gasteiger partial charge in [-0.15, -0.1) is 0 Å². The molecule has 2 N–H and O–H groups in total. The van der Waals surface area contributed by atoms with Gasteiger partial charge in [0.25, 0.3) is 0 Å². The van der Waals surface area contributed by atoms with Gasteiger partial charge < -0.3 is 20.1 Å². The third-order valence-corrected chi connectivity index (χ3v) is 7.12. The standard InChI is InChI=1S/C28H34N2O5/c1-28(2,16-25(31)30-13-11-19(12-14-30)15-26(32)33)18-29-27(34)35-17-24-22-9-5-3-7-20(22)21-8-4-6-10-23(21)24/h3-10,19,24H,11-18H2,1-2H3,(H,29,34)(H,32,33). The quantitative estimate of drug-likeness (QED) is 0.576. The molecule has 0 bridgehead atoms. The molecule has 2 aliphatic rings. The predicted molar refractivity (Wildman–Crippen MR) is 133 cm³/mol. The van der Waals surface area contributed by atoms with Crippen molar-refractivity contribution >= 4 is 18.0 Å². The molecular formula is C28H34N2O5. The highest BCUT2D eigenvalue weighted by atomic mass is 16.5. The van der Waals surface area contributed by atoms with Crippen molar-refractivity contribution in [2.75, 3.05) is 26.2 Å². The number of carboxylic acids is 1. The number of piperidine rings is 1. The van der Waals surface area contributed by atoms with Gasteiger partial charge in [0, 0.05) is 38.4 Å². The van der Waals surface area contributed by atoms with Crippen molar-refractivity contribution in [3.63, 3.8) is 0 Å². The van der Waals surface area contributed by atoms with Crippen molar-refractivity contribution in [3.8, 4) is 11.1 Å². The minimum Gasteiger partial charge on any atom is -0.481 e. The molecule has 0 saturated carbocycles. The molecule has 1 heterocycles. The summed E-state index contributed by atoms with van der Waals surface area (Å²) < 4.78 is 5.61. The summed E-state index contributed by atoms with van der Waals surface area (Å²) in [6.07, 6.45) is 1.42. The van der Waals surface area contributed by atoms with Crippen LogP contribution in [0.25, 0.3) is 11.1 Å². The molecule has 0 aromatic heterocycles. The van der Waals surface area contributed by atoms with Crippen molar-refractivity contribution in [2.45, 2.75) is 45.4 Å². The Kier molecular flexibility index (Phi) is 7.43.